The summed E-state index contributed by atoms with van der Waals surface area (Å²) in [7, 11) is 1.67. The highest BCUT2D eigenvalue weighted by molar-refractivity contribution is 6.33. The van der Waals surface area contributed by atoms with Crippen molar-refractivity contribution in [3.63, 3.8) is 0 Å². The van der Waals surface area contributed by atoms with Crippen molar-refractivity contribution in [2.45, 2.75) is 23.6 Å². The molecule has 0 saturated heterocycles. The molecule has 1 fully saturated rings. The molecule has 0 unspecified atom stereocenters. The minimum absolute atomic E-state index is 0.121. The Labute approximate surface area is 135 Å². The standard InChI is InChI=1S/C19H17ClO2/c1-22-13-7-8-14-12(9-13)10-15-16(11-5-3-2-4-6-11)17(14)19(21)18(15)20/h2-9,15-18H,10H2,1H3/t15-,16-,17+,18-/m1/s1. The molecule has 3 heteroatoms. The maximum atomic E-state index is 12.7. The number of ketones is 1. The smallest absolute Gasteiger partial charge is 0.159 e. The number of rotatable bonds is 2. The normalized spacial score (nSPS) is 29.3. The molecule has 2 aromatic rings. The number of ether oxygens (including phenoxy) is 1. The Morgan fingerprint density at radius 2 is 1.91 bits per heavy atom. The van der Waals surface area contributed by atoms with Gasteiger partial charge in [-0.15, -0.1) is 11.6 Å². The molecule has 0 aliphatic heterocycles. The van der Waals surface area contributed by atoms with Gasteiger partial charge >= 0.3 is 0 Å². The number of methoxy groups -OCH3 is 1. The van der Waals surface area contributed by atoms with Gasteiger partial charge in [0.25, 0.3) is 0 Å². The molecule has 0 N–H and O–H groups in total. The molecule has 2 bridgehead atoms. The first kappa shape index (κ1) is 13.8. The molecule has 2 nitrogen and oxygen atoms in total. The molecule has 112 valence electrons. The molecule has 22 heavy (non-hydrogen) atoms. The van der Waals surface area contributed by atoms with Crippen molar-refractivity contribution in [2.24, 2.45) is 5.92 Å². The Bertz CT molecular complexity index is 725. The van der Waals surface area contributed by atoms with Gasteiger partial charge in [-0.2, -0.15) is 0 Å². The zero-order valence-electron chi connectivity index (χ0n) is 12.3. The SMILES string of the molecule is COc1ccc2c(c1)C[C@@H]1[C@@H](c3ccccc3)[C@H]2C(=O)[C@@H]1Cl. The summed E-state index contributed by atoms with van der Waals surface area (Å²) in [6.07, 6.45) is 0.836. The fraction of sp³-hybridized carbons (Fsp3) is 0.316. The predicted octanol–water partition coefficient (Wildman–Crippen LogP) is 3.93. The number of halogens is 1. The van der Waals surface area contributed by atoms with Crippen LogP contribution in [0.1, 0.15) is 28.5 Å². The predicted molar refractivity (Wildman–Crippen MR) is 86.8 cm³/mol. The molecule has 0 amide bonds. The van der Waals surface area contributed by atoms with Crippen LogP contribution in [0.25, 0.3) is 0 Å². The van der Waals surface area contributed by atoms with Crippen LogP contribution in [0.5, 0.6) is 5.75 Å². The number of Topliss-reactive ketones (excluding diaryl/α,β-unsaturated/α-hetero) is 1. The summed E-state index contributed by atoms with van der Waals surface area (Å²) in [6, 6.07) is 16.3. The highest BCUT2D eigenvalue weighted by atomic mass is 35.5. The van der Waals surface area contributed by atoms with Gasteiger partial charge in [0.05, 0.1) is 18.4 Å². The van der Waals surface area contributed by atoms with Gasteiger partial charge in [0.15, 0.2) is 5.78 Å². The second-order valence-electron chi connectivity index (χ2n) is 6.15. The molecule has 1 saturated carbocycles. The minimum Gasteiger partial charge on any atom is -0.497 e. The molecule has 0 radical (unpaired) electrons. The third-order valence-electron chi connectivity index (χ3n) is 5.10. The Morgan fingerprint density at radius 3 is 2.64 bits per heavy atom. The monoisotopic (exact) mass is 312 g/mol. The molecule has 4 rings (SSSR count). The molecule has 2 aliphatic carbocycles. The van der Waals surface area contributed by atoms with Crippen LogP contribution in [0.3, 0.4) is 0 Å². The fourth-order valence-corrected chi connectivity index (χ4v) is 4.51. The van der Waals surface area contributed by atoms with E-state index in [1.165, 1.54) is 11.1 Å². The first-order chi connectivity index (χ1) is 10.7. The van der Waals surface area contributed by atoms with E-state index in [0.717, 1.165) is 17.7 Å². The molecular formula is C19H17ClO2. The van der Waals surface area contributed by atoms with Crippen LogP contribution in [-0.2, 0) is 11.2 Å². The van der Waals surface area contributed by atoms with Crippen LogP contribution in [0.15, 0.2) is 48.5 Å². The van der Waals surface area contributed by atoms with E-state index in [4.69, 9.17) is 16.3 Å². The number of carbonyl (C=O) groups excluding carboxylic acids is 1. The lowest BCUT2D eigenvalue weighted by Gasteiger charge is -2.32. The van der Waals surface area contributed by atoms with Crippen LogP contribution in [0, 0.1) is 5.92 Å². The summed E-state index contributed by atoms with van der Waals surface area (Å²) in [4.78, 5) is 12.7. The van der Waals surface area contributed by atoms with Crippen molar-refractivity contribution < 1.29 is 9.53 Å². The fourth-order valence-electron chi connectivity index (χ4n) is 4.12. The maximum Gasteiger partial charge on any atom is 0.159 e. The van der Waals surface area contributed by atoms with Crippen LogP contribution < -0.4 is 4.74 Å². The molecule has 2 aliphatic rings. The van der Waals surface area contributed by atoms with Gasteiger partial charge in [0, 0.05) is 5.92 Å². The van der Waals surface area contributed by atoms with E-state index >= 15 is 0 Å². The Kier molecular flexibility index (Phi) is 3.23. The summed E-state index contributed by atoms with van der Waals surface area (Å²) in [6.45, 7) is 0. The van der Waals surface area contributed by atoms with Gasteiger partial charge < -0.3 is 4.74 Å². The van der Waals surface area contributed by atoms with Gasteiger partial charge in [0.1, 0.15) is 5.75 Å². The van der Waals surface area contributed by atoms with E-state index in [1.54, 1.807) is 7.11 Å². The van der Waals surface area contributed by atoms with E-state index in [0.29, 0.717) is 0 Å². The highest BCUT2D eigenvalue weighted by Crippen LogP contribution is 2.55. The molecule has 0 aromatic heterocycles. The third kappa shape index (κ3) is 1.90. The topological polar surface area (TPSA) is 26.3 Å². The van der Waals surface area contributed by atoms with E-state index in [-0.39, 0.29) is 23.5 Å². The second-order valence-corrected chi connectivity index (χ2v) is 6.62. The summed E-state index contributed by atoms with van der Waals surface area (Å²) in [5.74, 6) is 1.25. The molecule has 0 spiro atoms. The van der Waals surface area contributed by atoms with Crippen LogP contribution in [0.4, 0.5) is 0 Å². The Hall–Kier alpha value is -1.80. The van der Waals surface area contributed by atoms with E-state index < -0.39 is 5.38 Å². The minimum atomic E-state index is -0.395. The second kappa shape index (κ2) is 5.13. The van der Waals surface area contributed by atoms with Gasteiger partial charge in [-0.3, -0.25) is 4.79 Å². The molecule has 2 aromatic carbocycles. The number of hydrogen-bond donors (Lipinski definition) is 0. The van der Waals surface area contributed by atoms with Crippen molar-refractivity contribution in [3.05, 3.63) is 65.2 Å². The number of fused-ring (bicyclic) bond motifs is 4. The van der Waals surface area contributed by atoms with Crippen molar-refractivity contribution in [1.29, 1.82) is 0 Å². The quantitative estimate of drug-likeness (QED) is 0.786. The Balaban J connectivity index is 1.85. The zero-order chi connectivity index (χ0) is 15.3. The number of hydrogen-bond acceptors (Lipinski definition) is 2. The first-order valence-corrected chi connectivity index (χ1v) is 8.04. The number of alkyl halides is 1. The highest BCUT2D eigenvalue weighted by Gasteiger charge is 2.53. The van der Waals surface area contributed by atoms with Gasteiger partial charge in [-0.25, -0.2) is 0 Å². The average Bonchev–Trinajstić information content (AvgIpc) is 2.75. The van der Waals surface area contributed by atoms with Crippen molar-refractivity contribution in [1.82, 2.24) is 0 Å². The van der Waals surface area contributed by atoms with Gasteiger partial charge in [0.2, 0.25) is 0 Å². The summed E-state index contributed by atoms with van der Waals surface area (Å²) < 4.78 is 5.32. The summed E-state index contributed by atoms with van der Waals surface area (Å²) in [5.41, 5.74) is 3.55. The molecule has 4 atom stereocenters. The van der Waals surface area contributed by atoms with Crippen molar-refractivity contribution >= 4 is 17.4 Å². The van der Waals surface area contributed by atoms with Crippen molar-refractivity contribution in [3.8, 4) is 5.75 Å². The summed E-state index contributed by atoms with van der Waals surface area (Å²) in [5, 5.41) is -0.395. The van der Waals surface area contributed by atoms with Gasteiger partial charge in [-0.1, -0.05) is 36.4 Å². The lowest BCUT2D eigenvalue weighted by molar-refractivity contribution is -0.118. The van der Waals surface area contributed by atoms with Crippen molar-refractivity contribution in [2.75, 3.05) is 7.11 Å². The Morgan fingerprint density at radius 1 is 1.14 bits per heavy atom. The molecular weight excluding hydrogens is 296 g/mol. The maximum absolute atomic E-state index is 12.7. The van der Waals surface area contributed by atoms with Gasteiger partial charge in [-0.05, 0) is 41.2 Å². The lowest BCUT2D eigenvalue weighted by Crippen LogP contribution is -2.23. The summed E-state index contributed by atoms with van der Waals surface area (Å²) >= 11 is 6.49. The average molecular weight is 313 g/mol. The first-order valence-electron chi connectivity index (χ1n) is 7.60. The zero-order valence-corrected chi connectivity index (χ0v) is 13.1. The third-order valence-corrected chi connectivity index (χ3v) is 5.64. The van der Waals surface area contributed by atoms with E-state index in [9.17, 15) is 4.79 Å². The number of benzene rings is 2. The lowest BCUT2D eigenvalue weighted by atomic mass is 9.71. The number of carbonyl (C=O) groups is 1. The van der Waals surface area contributed by atoms with Crippen LogP contribution in [0.2, 0.25) is 0 Å². The van der Waals surface area contributed by atoms with Crippen LogP contribution >= 0.6 is 11.6 Å². The molecule has 0 heterocycles. The van der Waals surface area contributed by atoms with Crippen LogP contribution in [-0.4, -0.2) is 18.3 Å². The largest absolute Gasteiger partial charge is 0.497 e. The van der Waals surface area contributed by atoms with E-state index in [2.05, 4.69) is 18.2 Å². The van der Waals surface area contributed by atoms with E-state index in [1.807, 2.05) is 30.3 Å².